The van der Waals surface area contributed by atoms with Gasteiger partial charge in [0.15, 0.2) is 0 Å². The van der Waals surface area contributed by atoms with Crippen LogP contribution in [0.2, 0.25) is 0 Å². The molecule has 0 fully saturated rings. The van der Waals surface area contributed by atoms with Gasteiger partial charge in [0.05, 0.1) is 7.11 Å². The number of hydrogen-bond acceptors (Lipinski definition) is 3. The first-order chi connectivity index (χ1) is 7.50. The van der Waals surface area contributed by atoms with E-state index >= 15 is 0 Å². The Morgan fingerprint density at radius 2 is 1.94 bits per heavy atom. The fourth-order valence-electron chi connectivity index (χ4n) is 1.22. The molecule has 3 heteroatoms. The van der Waals surface area contributed by atoms with Gasteiger partial charge < -0.3 is 4.74 Å². The molecule has 1 aromatic carbocycles. The minimum atomic E-state index is -0.726. The number of carbonyl (C=O) groups is 1. The molecule has 0 spiro atoms. The van der Waals surface area contributed by atoms with Crippen LogP contribution >= 0.6 is 11.8 Å². The van der Waals surface area contributed by atoms with E-state index in [1.54, 1.807) is 0 Å². The molecule has 0 radical (unpaired) electrons. The molecular weight excluding hydrogens is 220 g/mol. The Kier molecular flexibility index (Phi) is 4.19. The van der Waals surface area contributed by atoms with Crippen LogP contribution < -0.4 is 0 Å². The van der Waals surface area contributed by atoms with Gasteiger partial charge in [-0.3, -0.25) is 4.79 Å². The van der Waals surface area contributed by atoms with Gasteiger partial charge in [-0.15, -0.1) is 11.8 Å². The van der Waals surface area contributed by atoms with E-state index in [-0.39, 0.29) is 5.97 Å². The second-order valence-corrected chi connectivity index (χ2v) is 5.21. The summed E-state index contributed by atoms with van der Waals surface area (Å²) in [5, 5.41) is 0. The number of ether oxygens (including phenoxy) is 1. The quantitative estimate of drug-likeness (QED) is 0.456. The van der Waals surface area contributed by atoms with Gasteiger partial charge in [0.2, 0.25) is 0 Å². The summed E-state index contributed by atoms with van der Waals surface area (Å²) < 4.78 is 4.10. The van der Waals surface area contributed by atoms with Crippen LogP contribution in [0, 0.1) is 0 Å². The summed E-state index contributed by atoms with van der Waals surface area (Å²) in [7, 11) is 1.40. The maximum absolute atomic E-state index is 11.8. The third kappa shape index (κ3) is 2.67. The normalized spacial score (nSPS) is 13.9. The SMILES string of the molecule is C=C(C)C(C)(Sc1ccccc1)C(=O)OC. The van der Waals surface area contributed by atoms with E-state index in [1.807, 2.05) is 44.2 Å². The van der Waals surface area contributed by atoms with Gasteiger partial charge >= 0.3 is 5.97 Å². The topological polar surface area (TPSA) is 26.3 Å². The van der Waals surface area contributed by atoms with Crippen molar-refractivity contribution >= 4 is 17.7 Å². The molecule has 86 valence electrons. The molecule has 1 aromatic rings. The van der Waals surface area contributed by atoms with Crippen LogP contribution in [0.25, 0.3) is 0 Å². The largest absolute Gasteiger partial charge is 0.468 e. The highest BCUT2D eigenvalue weighted by Gasteiger charge is 2.36. The average Bonchev–Trinajstić information content (AvgIpc) is 2.28. The second-order valence-electron chi connectivity index (χ2n) is 3.72. The number of rotatable bonds is 4. The van der Waals surface area contributed by atoms with Crippen LogP contribution in [-0.2, 0) is 9.53 Å². The monoisotopic (exact) mass is 236 g/mol. The molecule has 0 aromatic heterocycles. The Hall–Kier alpha value is -1.22. The highest BCUT2D eigenvalue weighted by molar-refractivity contribution is 8.01. The van der Waals surface area contributed by atoms with E-state index in [0.717, 1.165) is 10.5 Å². The number of esters is 1. The molecule has 0 aliphatic heterocycles. The average molecular weight is 236 g/mol. The van der Waals surface area contributed by atoms with Crippen molar-refractivity contribution < 1.29 is 9.53 Å². The van der Waals surface area contributed by atoms with Crippen molar-refractivity contribution in [1.29, 1.82) is 0 Å². The molecule has 16 heavy (non-hydrogen) atoms. The van der Waals surface area contributed by atoms with Gasteiger partial charge in [0.25, 0.3) is 0 Å². The van der Waals surface area contributed by atoms with Gasteiger partial charge in [0, 0.05) is 4.90 Å². The lowest BCUT2D eigenvalue weighted by atomic mass is 10.0. The lowest BCUT2D eigenvalue weighted by Crippen LogP contribution is -2.33. The zero-order valence-electron chi connectivity index (χ0n) is 9.82. The maximum atomic E-state index is 11.8. The summed E-state index contributed by atoms with van der Waals surface area (Å²) in [4.78, 5) is 12.8. The molecule has 0 saturated heterocycles. The van der Waals surface area contributed by atoms with Crippen molar-refractivity contribution in [1.82, 2.24) is 0 Å². The van der Waals surface area contributed by atoms with Crippen molar-refractivity contribution in [3.8, 4) is 0 Å². The Balaban J connectivity index is 2.97. The molecule has 1 atom stereocenters. The lowest BCUT2D eigenvalue weighted by molar-refractivity contribution is -0.141. The Morgan fingerprint density at radius 3 is 2.38 bits per heavy atom. The smallest absolute Gasteiger partial charge is 0.326 e. The molecule has 0 heterocycles. The molecule has 0 saturated carbocycles. The predicted octanol–water partition coefficient (Wildman–Crippen LogP) is 3.29. The molecule has 0 bridgehead atoms. The van der Waals surface area contributed by atoms with Crippen LogP contribution in [-0.4, -0.2) is 17.8 Å². The number of hydrogen-bond donors (Lipinski definition) is 0. The summed E-state index contributed by atoms with van der Waals surface area (Å²) in [6, 6.07) is 9.76. The first kappa shape index (κ1) is 12.8. The molecule has 2 nitrogen and oxygen atoms in total. The van der Waals surface area contributed by atoms with Crippen molar-refractivity contribution in [3.05, 3.63) is 42.5 Å². The summed E-state index contributed by atoms with van der Waals surface area (Å²) >= 11 is 1.46. The fourth-order valence-corrected chi connectivity index (χ4v) is 2.33. The first-order valence-corrected chi connectivity index (χ1v) is 5.81. The molecule has 1 unspecified atom stereocenters. The Morgan fingerprint density at radius 1 is 1.38 bits per heavy atom. The molecule has 0 aliphatic rings. The van der Waals surface area contributed by atoms with Crippen molar-refractivity contribution in [3.63, 3.8) is 0 Å². The molecule has 0 amide bonds. The number of thioether (sulfide) groups is 1. The first-order valence-electron chi connectivity index (χ1n) is 4.99. The van der Waals surface area contributed by atoms with Crippen molar-refractivity contribution in [2.24, 2.45) is 0 Å². The summed E-state index contributed by atoms with van der Waals surface area (Å²) in [5.74, 6) is -0.270. The van der Waals surface area contributed by atoms with Gasteiger partial charge in [-0.25, -0.2) is 0 Å². The van der Waals surface area contributed by atoms with Gasteiger partial charge in [-0.05, 0) is 26.0 Å². The van der Waals surface area contributed by atoms with E-state index in [2.05, 4.69) is 6.58 Å². The van der Waals surface area contributed by atoms with E-state index in [4.69, 9.17) is 4.74 Å². The molecule has 0 N–H and O–H groups in total. The zero-order chi connectivity index (χ0) is 12.2. The number of benzene rings is 1. The maximum Gasteiger partial charge on any atom is 0.326 e. The molecular formula is C13H16O2S. The zero-order valence-corrected chi connectivity index (χ0v) is 10.6. The standard InChI is InChI=1S/C13H16O2S/c1-10(2)13(3,12(14)15-4)16-11-8-6-5-7-9-11/h5-9H,1H2,2-4H3. The Bertz CT molecular complexity index is 386. The Labute approximate surface area is 101 Å². The van der Waals surface area contributed by atoms with Crippen molar-refractivity contribution in [2.45, 2.75) is 23.5 Å². The van der Waals surface area contributed by atoms with Gasteiger partial charge in [-0.2, -0.15) is 0 Å². The minimum Gasteiger partial charge on any atom is -0.468 e. The van der Waals surface area contributed by atoms with Crippen LogP contribution in [0.5, 0.6) is 0 Å². The van der Waals surface area contributed by atoms with Crippen LogP contribution in [0.15, 0.2) is 47.4 Å². The molecule has 1 rings (SSSR count). The second kappa shape index (κ2) is 5.21. The van der Waals surface area contributed by atoms with E-state index < -0.39 is 4.75 Å². The third-order valence-electron chi connectivity index (χ3n) is 2.45. The lowest BCUT2D eigenvalue weighted by Gasteiger charge is -2.26. The van der Waals surface area contributed by atoms with Crippen LogP contribution in [0.1, 0.15) is 13.8 Å². The van der Waals surface area contributed by atoms with Gasteiger partial charge in [0.1, 0.15) is 4.75 Å². The van der Waals surface area contributed by atoms with Crippen molar-refractivity contribution in [2.75, 3.05) is 7.11 Å². The number of methoxy groups -OCH3 is 1. The van der Waals surface area contributed by atoms with Gasteiger partial charge in [-0.1, -0.05) is 30.4 Å². The number of carbonyl (C=O) groups excluding carboxylic acids is 1. The highest BCUT2D eigenvalue weighted by Crippen LogP contribution is 2.38. The van der Waals surface area contributed by atoms with E-state index in [9.17, 15) is 4.79 Å². The highest BCUT2D eigenvalue weighted by atomic mass is 32.2. The van der Waals surface area contributed by atoms with Crippen LogP contribution in [0.3, 0.4) is 0 Å². The van der Waals surface area contributed by atoms with E-state index in [1.165, 1.54) is 18.9 Å². The summed E-state index contributed by atoms with van der Waals surface area (Å²) in [5.41, 5.74) is 0.785. The van der Waals surface area contributed by atoms with E-state index in [0.29, 0.717) is 0 Å². The predicted molar refractivity (Wildman–Crippen MR) is 67.5 cm³/mol. The summed E-state index contributed by atoms with van der Waals surface area (Å²) in [6.07, 6.45) is 0. The minimum absolute atomic E-state index is 0.270. The summed E-state index contributed by atoms with van der Waals surface area (Å²) in [6.45, 7) is 7.54. The van der Waals surface area contributed by atoms with Crippen LogP contribution in [0.4, 0.5) is 0 Å². The fraction of sp³-hybridized carbons (Fsp3) is 0.308. The third-order valence-corrected chi connectivity index (χ3v) is 3.89. The molecule has 0 aliphatic carbocycles.